The van der Waals surface area contributed by atoms with Crippen LogP contribution >= 0.6 is 0 Å². The Morgan fingerprint density at radius 2 is 2.07 bits per heavy atom. The van der Waals surface area contributed by atoms with E-state index < -0.39 is 0 Å². The molecule has 82 valence electrons. The van der Waals surface area contributed by atoms with Gasteiger partial charge in [0.2, 0.25) is 0 Å². The molecular formula is C12H16O3. The quantitative estimate of drug-likeness (QED) is 0.469. The van der Waals surface area contributed by atoms with Crippen molar-refractivity contribution in [1.29, 1.82) is 0 Å². The molecule has 1 aromatic rings. The van der Waals surface area contributed by atoms with Gasteiger partial charge in [-0.1, -0.05) is 24.3 Å². The zero-order valence-electron chi connectivity index (χ0n) is 9.33. The zero-order valence-corrected chi connectivity index (χ0v) is 9.33. The predicted octanol–water partition coefficient (Wildman–Crippen LogP) is 2.64. The van der Waals surface area contributed by atoms with Crippen molar-refractivity contribution in [2.45, 2.75) is 20.3 Å². The first-order valence-corrected chi connectivity index (χ1v) is 4.72. The summed E-state index contributed by atoms with van der Waals surface area (Å²) in [4.78, 5) is 9.27. The summed E-state index contributed by atoms with van der Waals surface area (Å²) in [7, 11) is 1.42. The second-order valence-corrected chi connectivity index (χ2v) is 3.56. The summed E-state index contributed by atoms with van der Waals surface area (Å²) in [6.45, 7) is 7.53. The number of rotatable bonds is 4. The van der Waals surface area contributed by atoms with E-state index in [1.165, 1.54) is 7.11 Å². The smallest absolute Gasteiger partial charge is 0.139 e. The summed E-state index contributed by atoms with van der Waals surface area (Å²) in [5.74, 6) is 0.763. The average Bonchev–Trinajstić information content (AvgIpc) is 2.13. The minimum absolute atomic E-state index is 0.293. The fourth-order valence-corrected chi connectivity index (χ4v) is 1.54. The third-order valence-corrected chi connectivity index (χ3v) is 2.11. The lowest BCUT2D eigenvalue weighted by Crippen LogP contribution is -1.96. The first-order valence-electron chi connectivity index (χ1n) is 4.72. The van der Waals surface area contributed by atoms with Gasteiger partial charge in [0, 0.05) is 12.0 Å². The van der Waals surface area contributed by atoms with E-state index in [2.05, 4.69) is 11.5 Å². The number of phenols is 1. The Morgan fingerprint density at radius 1 is 1.40 bits per heavy atom. The van der Waals surface area contributed by atoms with Crippen molar-refractivity contribution in [3.63, 3.8) is 0 Å². The molecule has 0 unspecified atom stereocenters. The Morgan fingerprint density at radius 3 is 2.67 bits per heavy atom. The highest BCUT2D eigenvalue weighted by Gasteiger charge is 2.08. The van der Waals surface area contributed by atoms with E-state index in [0.29, 0.717) is 17.9 Å². The fraction of sp³-hybridized carbons (Fsp3) is 0.333. The van der Waals surface area contributed by atoms with Gasteiger partial charge in [-0.3, -0.25) is 0 Å². The normalized spacial score (nSPS) is 10.1. The van der Waals surface area contributed by atoms with Crippen molar-refractivity contribution in [3.05, 3.63) is 41.2 Å². The lowest BCUT2D eigenvalue weighted by Gasteiger charge is -2.10. The minimum atomic E-state index is 0.293. The summed E-state index contributed by atoms with van der Waals surface area (Å²) in [5.41, 5.74) is 2.76. The van der Waals surface area contributed by atoms with Gasteiger partial charge in [0.25, 0.3) is 0 Å². The summed E-state index contributed by atoms with van der Waals surface area (Å²) >= 11 is 0. The second kappa shape index (κ2) is 4.84. The van der Waals surface area contributed by atoms with Gasteiger partial charge >= 0.3 is 0 Å². The van der Waals surface area contributed by atoms with Crippen LogP contribution in [0.3, 0.4) is 0 Å². The van der Waals surface area contributed by atoms with Gasteiger partial charge in [-0.15, -0.1) is 0 Å². The highest BCUT2D eigenvalue weighted by atomic mass is 17.2. The molecule has 15 heavy (non-hydrogen) atoms. The van der Waals surface area contributed by atoms with Crippen molar-refractivity contribution in [3.8, 4) is 5.75 Å². The van der Waals surface area contributed by atoms with Crippen LogP contribution in [-0.2, 0) is 16.2 Å². The van der Waals surface area contributed by atoms with Crippen LogP contribution in [0.1, 0.15) is 16.7 Å². The number of allylic oxidation sites excluding steroid dienone is 1. The molecule has 0 fully saturated rings. The molecule has 0 spiro atoms. The maximum absolute atomic E-state index is 9.80. The van der Waals surface area contributed by atoms with Crippen LogP contribution in [0.25, 0.3) is 0 Å². The van der Waals surface area contributed by atoms with E-state index >= 15 is 0 Å². The first kappa shape index (κ1) is 11.6. The number of hydrogen-bond donors (Lipinski definition) is 1. The number of aromatic hydroxyl groups is 1. The van der Waals surface area contributed by atoms with Crippen molar-refractivity contribution < 1.29 is 14.9 Å². The van der Waals surface area contributed by atoms with Crippen molar-refractivity contribution in [1.82, 2.24) is 0 Å². The minimum Gasteiger partial charge on any atom is -0.507 e. The fourth-order valence-electron chi connectivity index (χ4n) is 1.54. The zero-order chi connectivity index (χ0) is 11.4. The van der Waals surface area contributed by atoms with E-state index in [4.69, 9.17) is 4.89 Å². The molecule has 0 saturated heterocycles. The Balaban J connectivity index is 2.89. The van der Waals surface area contributed by atoms with E-state index in [1.54, 1.807) is 0 Å². The van der Waals surface area contributed by atoms with Gasteiger partial charge in [0.1, 0.15) is 11.5 Å². The van der Waals surface area contributed by atoms with Gasteiger partial charge in [-0.25, -0.2) is 0 Å². The number of benzene rings is 1. The summed E-state index contributed by atoms with van der Waals surface area (Å²) < 4.78 is 0. The molecule has 3 nitrogen and oxygen atoms in total. The van der Waals surface area contributed by atoms with Gasteiger partial charge < -0.3 is 9.99 Å². The van der Waals surface area contributed by atoms with Crippen LogP contribution in [0, 0.1) is 13.8 Å². The van der Waals surface area contributed by atoms with Gasteiger partial charge in [-0.2, -0.15) is 4.89 Å². The summed E-state index contributed by atoms with van der Waals surface area (Å²) in [6, 6.07) is 3.84. The summed E-state index contributed by atoms with van der Waals surface area (Å²) in [6.07, 6.45) is 0.447. The van der Waals surface area contributed by atoms with E-state index in [9.17, 15) is 5.11 Å². The third kappa shape index (κ3) is 2.99. The molecule has 3 heteroatoms. The van der Waals surface area contributed by atoms with Crippen LogP contribution < -0.4 is 0 Å². The van der Waals surface area contributed by atoms with Gasteiger partial charge in [-0.05, 0) is 19.4 Å². The van der Waals surface area contributed by atoms with Crippen molar-refractivity contribution >= 4 is 0 Å². The van der Waals surface area contributed by atoms with Gasteiger partial charge in [0.15, 0.2) is 0 Å². The second-order valence-electron chi connectivity index (χ2n) is 3.56. The maximum Gasteiger partial charge on any atom is 0.139 e. The Bertz CT molecular complexity index is 369. The molecule has 0 aliphatic carbocycles. The maximum atomic E-state index is 9.80. The summed E-state index contributed by atoms with van der Waals surface area (Å²) in [5, 5.41) is 9.80. The third-order valence-electron chi connectivity index (χ3n) is 2.11. The molecule has 0 heterocycles. The molecule has 0 bridgehead atoms. The number of hydrogen-bond acceptors (Lipinski definition) is 3. The molecule has 0 aromatic heterocycles. The average molecular weight is 208 g/mol. The molecule has 0 atom stereocenters. The Hall–Kier alpha value is -1.48. The monoisotopic (exact) mass is 208 g/mol. The largest absolute Gasteiger partial charge is 0.507 e. The molecule has 0 radical (unpaired) electrons. The van der Waals surface area contributed by atoms with Crippen LogP contribution in [0.15, 0.2) is 24.5 Å². The van der Waals surface area contributed by atoms with E-state index in [1.807, 2.05) is 26.0 Å². The molecule has 0 aliphatic rings. The molecular weight excluding hydrogens is 192 g/mol. The van der Waals surface area contributed by atoms with Crippen LogP contribution in [0.4, 0.5) is 0 Å². The molecule has 0 saturated carbocycles. The number of aryl methyl sites for hydroxylation is 2. The highest BCUT2D eigenvalue weighted by Crippen LogP contribution is 2.25. The molecule has 1 N–H and O–H groups in total. The van der Waals surface area contributed by atoms with Crippen LogP contribution in [0.5, 0.6) is 5.75 Å². The lowest BCUT2D eigenvalue weighted by atomic mass is 10.0. The molecule has 1 aromatic carbocycles. The molecule has 1 rings (SSSR count). The van der Waals surface area contributed by atoms with E-state index in [-0.39, 0.29) is 0 Å². The van der Waals surface area contributed by atoms with Crippen LogP contribution in [0.2, 0.25) is 0 Å². The Labute approximate surface area is 89.9 Å². The predicted molar refractivity (Wildman–Crippen MR) is 58.5 cm³/mol. The number of phenolic OH excluding ortho intramolecular Hbond substituents is 1. The lowest BCUT2D eigenvalue weighted by molar-refractivity contribution is -0.238. The standard InChI is InChI=1S/C12H16O3/c1-8-5-9(2)12(13)11(6-8)7-10(3)15-14-4/h5-6,13H,3,7H2,1-2,4H3. The first-order chi connectivity index (χ1) is 7.04. The highest BCUT2D eigenvalue weighted by molar-refractivity contribution is 5.43. The van der Waals surface area contributed by atoms with E-state index in [0.717, 1.165) is 16.7 Å². The topological polar surface area (TPSA) is 38.7 Å². The van der Waals surface area contributed by atoms with Crippen molar-refractivity contribution in [2.75, 3.05) is 7.11 Å². The molecule has 0 amide bonds. The van der Waals surface area contributed by atoms with Gasteiger partial charge in [0.05, 0.1) is 7.11 Å². The Kier molecular flexibility index (Phi) is 3.74. The van der Waals surface area contributed by atoms with Crippen LogP contribution in [-0.4, -0.2) is 12.2 Å². The van der Waals surface area contributed by atoms with Crippen molar-refractivity contribution in [2.24, 2.45) is 0 Å². The SMILES string of the molecule is C=C(Cc1cc(C)cc(C)c1O)OOC. The molecule has 0 aliphatic heterocycles.